The summed E-state index contributed by atoms with van der Waals surface area (Å²) in [6.07, 6.45) is 3.42. The average Bonchev–Trinajstić information content (AvgIpc) is 2.66. The largest absolute Gasteiger partial charge is 0.493 e. The Morgan fingerprint density at radius 3 is 2.58 bits per heavy atom. The molecule has 0 radical (unpaired) electrons. The fourth-order valence-electron chi connectivity index (χ4n) is 2.27. The molecule has 0 saturated carbocycles. The van der Waals surface area contributed by atoms with E-state index in [1.165, 1.54) is 0 Å². The lowest BCUT2D eigenvalue weighted by Gasteiger charge is -2.24. The highest BCUT2D eigenvalue weighted by Gasteiger charge is 2.16. The van der Waals surface area contributed by atoms with Crippen LogP contribution in [0.1, 0.15) is 12.5 Å². The molecule has 26 heavy (non-hydrogen) atoms. The highest BCUT2D eigenvalue weighted by atomic mass is 16.5. The van der Waals surface area contributed by atoms with Crippen molar-refractivity contribution in [1.29, 1.82) is 0 Å². The zero-order valence-electron chi connectivity index (χ0n) is 15.6. The second-order valence-electron chi connectivity index (χ2n) is 5.86. The number of methoxy groups -OCH3 is 2. The number of rotatable bonds is 8. The van der Waals surface area contributed by atoms with Crippen molar-refractivity contribution in [2.24, 2.45) is 0 Å². The Morgan fingerprint density at radius 2 is 1.92 bits per heavy atom. The molecular formula is C19H25N3O4. The number of urea groups is 1. The van der Waals surface area contributed by atoms with Crippen LogP contribution in [0.15, 0.2) is 42.7 Å². The normalized spacial score (nSPS) is 11.5. The predicted octanol–water partition coefficient (Wildman–Crippen LogP) is 3.17. The van der Waals surface area contributed by atoms with Crippen LogP contribution in [0, 0.1) is 0 Å². The van der Waals surface area contributed by atoms with Gasteiger partial charge in [0.15, 0.2) is 11.5 Å². The third-order valence-electron chi connectivity index (χ3n) is 3.95. The van der Waals surface area contributed by atoms with Crippen molar-refractivity contribution in [2.75, 3.05) is 33.2 Å². The number of benzene rings is 1. The highest BCUT2D eigenvalue weighted by molar-refractivity contribution is 5.89. The number of carbonyl (C=O) groups is 1. The van der Waals surface area contributed by atoms with Crippen LogP contribution in [-0.2, 0) is 11.3 Å². The van der Waals surface area contributed by atoms with Crippen molar-refractivity contribution in [3.05, 3.63) is 48.3 Å². The summed E-state index contributed by atoms with van der Waals surface area (Å²) in [7, 11) is 4.91. The number of ether oxygens (including phenoxy) is 3. The van der Waals surface area contributed by atoms with Crippen LogP contribution >= 0.6 is 0 Å². The first-order valence-corrected chi connectivity index (χ1v) is 8.27. The number of nitrogens with zero attached hydrogens (tertiary/aromatic N) is 2. The number of pyridine rings is 1. The molecule has 7 nitrogen and oxygen atoms in total. The maximum Gasteiger partial charge on any atom is 0.321 e. The van der Waals surface area contributed by atoms with Crippen LogP contribution in [0.25, 0.3) is 0 Å². The summed E-state index contributed by atoms with van der Waals surface area (Å²) < 4.78 is 16.3. The van der Waals surface area contributed by atoms with E-state index in [0.29, 0.717) is 30.4 Å². The number of hydrogen-bond acceptors (Lipinski definition) is 5. The Hall–Kier alpha value is -2.80. The molecule has 140 valence electrons. The Bertz CT molecular complexity index is 709. The molecule has 1 heterocycles. The van der Waals surface area contributed by atoms with Crippen molar-refractivity contribution in [2.45, 2.75) is 19.6 Å². The summed E-state index contributed by atoms with van der Waals surface area (Å²) >= 11 is 0. The molecule has 0 aliphatic carbocycles. The van der Waals surface area contributed by atoms with Crippen LogP contribution < -0.4 is 14.8 Å². The van der Waals surface area contributed by atoms with Gasteiger partial charge in [0.1, 0.15) is 6.61 Å². The number of amides is 2. The van der Waals surface area contributed by atoms with Gasteiger partial charge in [-0.3, -0.25) is 4.98 Å². The number of nitrogens with one attached hydrogen (secondary N) is 1. The lowest BCUT2D eigenvalue weighted by atomic mass is 10.2. The van der Waals surface area contributed by atoms with Gasteiger partial charge in [-0.1, -0.05) is 0 Å². The molecule has 2 rings (SSSR count). The lowest BCUT2D eigenvalue weighted by molar-refractivity contribution is 0.128. The van der Waals surface area contributed by atoms with E-state index in [0.717, 1.165) is 5.56 Å². The molecule has 1 atom stereocenters. The lowest BCUT2D eigenvalue weighted by Crippen LogP contribution is -2.40. The van der Waals surface area contributed by atoms with E-state index in [9.17, 15) is 4.79 Å². The Kier molecular flexibility index (Phi) is 7.23. The van der Waals surface area contributed by atoms with Gasteiger partial charge in [-0.05, 0) is 36.8 Å². The molecule has 0 fully saturated rings. The minimum atomic E-state index is -0.222. The molecule has 7 heteroatoms. The second kappa shape index (κ2) is 9.62. The van der Waals surface area contributed by atoms with Crippen molar-refractivity contribution >= 4 is 11.7 Å². The third-order valence-corrected chi connectivity index (χ3v) is 3.95. The number of aromatic nitrogens is 1. The van der Waals surface area contributed by atoms with Crippen molar-refractivity contribution in [3.8, 4) is 11.5 Å². The molecule has 2 amide bonds. The maximum atomic E-state index is 12.4. The molecule has 0 bridgehead atoms. The molecule has 2 aromatic rings. The zero-order valence-corrected chi connectivity index (χ0v) is 15.6. The summed E-state index contributed by atoms with van der Waals surface area (Å²) in [6.45, 7) is 2.76. The fourth-order valence-corrected chi connectivity index (χ4v) is 2.27. The van der Waals surface area contributed by atoms with Crippen LogP contribution in [-0.4, -0.2) is 49.8 Å². The van der Waals surface area contributed by atoms with E-state index in [1.54, 1.807) is 56.8 Å². The first-order chi connectivity index (χ1) is 12.5. The third kappa shape index (κ3) is 5.35. The monoisotopic (exact) mass is 359 g/mol. The first-order valence-electron chi connectivity index (χ1n) is 8.27. The van der Waals surface area contributed by atoms with E-state index in [2.05, 4.69) is 10.3 Å². The van der Waals surface area contributed by atoms with Crippen LogP contribution in [0.2, 0.25) is 0 Å². The second-order valence-corrected chi connectivity index (χ2v) is 5.86. The Labute approximate surface area is 153 Å². The molecule has 1 aromatic heterocycles. The van der Waals surface area contributed by atoms with Crippen molar-refractivity contribution in [1.82, 2.24) is 9.88 Å². The van der Waals surface area contributed by atoms with E-state index in [4.69, 9.17) is 14.2 Å². The van der Waals surface area contributed by atoms with Gasteiger partial charge in [-0.2, -0.15) is 0 Å². The molecular weight excluding hydrogens is 334 g/mol. The molecule has 1 N–H and O–H groups in total. The number of hydrogen-bond donors (Lipinski definition) is 1. The van der Waals surface area contributed by atoms with Gasteiger partial charge >= 0.3 is 6.03 Å². The SMILES string of the molecule is COCC(C)N(C)C(=O)Nc1ccc(OC)c(OCc2ccncc2)c1. The minimum Gasteiger partial charge on any atom is -0.493 e. The highest BCUT2D eigenvalue weighted by Crippen LogP contribution is 2.31. The molecule has 0 aliphatic heterocycles. The van der Waals surface area contributed by atoms with Crippen molar-refractivity contribution in [3.63, 3.8) is 0 Å². The molecule has 1 aromatic carbocycles. The zero-order chi connectivity index (χ0) is 18.9. The molecule has 1 unspecified atom stereocenters. The van der Waals surface area contributed by atoms with E-state index < -0.39 is 0 Å². The summed E-state index contributed by atoms with van der Waals surface area (Å²) in [5, 5.41) is 2.86. The topological polar surface area (TPSA) is 72.9 Å². The van der Waals surface area contributed by atoms with Gasteiger partial charge in [0, 0.05) is 38.3 Å². The molecule has 0 spiro atoms. The van der Waals surface area contributed by atoms with Gasteiger partial charge in [-0.15, -0.1) is 0 Å². The number of carbonyl (C=O) groups excluding carboxylic acids is 1. The van der Waals surface area contributed by atoms with Gasteiger partial charge in [0.25, 0.3) is 0 Å². The summed E-state index contributed by atoms with van der Waals surface area (Å²) in [4.78, 5) is 17.9. The smallest absolute Gasteiger partial charge is 0.321 e. The average molecular weight is 359 g/mol. The van der Waals surface area contributed by atoms with Gasteiger partial charge < -0.3 is 24.4 Å². The quantitative estimate of drug-likeness (QED) is 0.784. The fraction of sp³-hybridized carbons (Fsp3) is 0.368. The summed E-state index contributed by atoms with van der Waals surface area (Å²) in [6, 6.07) is 8.77. The van der Waals surface area contributed by atoms with E-state index >= 15 is 0 Å². The van der Waals surface area contributed by atoms with Gasteiger partial charge in [0.05, 0.1) is 19.8 Å². The van der Waals surface area contributed by atoms with E-state index in [-0.39, 0.29) is 12.1 Å². The minimum absolute atomic E-state index is 0.0411. The van der Waals surface area contributed by atoms with Crippen LogP contribution in [0.3, 0.4) is 0 Å². The van der Waals surface area contributed by atoms with Crippen LogP contribution in [0.5, 0.6) is 11.5 Å². The standard InChI is InChI=1S/C19H25N3O4/c1-14(12-24-3)22(2)19(23)21-16-5-6-17(25-4)18(11-16)26-13-15-7-9-20-10-8-15/h5-11,14H,12-13H2,1-4H3,(H,21,23). The van der Waals surface area contributed by atoms with Crippen LogP contribution in [0.4, 0.5) is 10.5 Å². The maximum absolute atomic E-state index is 12.4. The van der Waals surface area contributed by atoms with Gasteiger partial charge in [-0.25, -0.2) is 4.79 Å². The number of likely N-dealkylation sites (N-methyl/N-ethyl adjacent to an activating group) is 1. The predicted molar refractivity (Wildman–Crippen MR) is 99.7 cm³/mol. The van der Waals surface area contributed by atoms with Gasteiger partial charge in [0.2, 0.25) is 0 Å². The molecule has 0 saturated heterocycles. The first kappa shape index (κ1) is 19.5. The van der Waals surface area contributed by atoms with Crippen molar-refractivity contribution < 1.29 is 19.0 Å². The summed E-state index contributed by atoms with van der Waals surface area (Å²) in [5.74, 6) is 1.15. The van der Waals surface area contributed by atoms with E-state index in [1.807, 2.05) is 19.1 Å². The summed E-state index contributed by atoms with van der Waals surface area (Å²) in [5.41, 5.74) is 1.61. The molecule has 0 aliphatic rings. The number of anilines is 1. The Morgan fingerprint density at radius 1 is 1.19 bits per heavy atom. The Balaban J connectivity index is 2.07.